The smallest absolute Gasteiger partial charge is 0.457 e. The van der Waals surface area contributed by atoms with Crippen molar-refractivity contribution in [3.05, 3.63) is 79.9 Å². The van der Waals surface area contributed by atoms with Gasteiger partial charge in [-0.25, -0.2) is 9.59 Å². The Kier molecular flexibility index (Phi) is 12.2. The summed E-state index contributed by atoms with van der Waals surface area (Å²) < 4.78 is 21.9. The molecule has 0 spiro atoms. The molecule has 3 rings (SSSR count). The van der Waals surface area contributed by atoms with Crippen LogP contribution < -0.4 is 0 Å². The van der Waals surface area contributed by atoms with E-state index in [0.717, 1.165) is 10.9 Å². The third kappa shape index (κ3) is 9.11. The number of rotatable bonds is 16. The second-order valence-corrected chi connectivity index (χ2v) is 16.8. The zero-order chi connectivity index (χ0) is 35.1. The molecule has 47 heavy (non-hydrogen) atoms. The topological polar surface area (TPSA) is 198 Å². The average Bonchev–Trinajstić information content (AvgIpc) is 2.98. The molecule has 1 fully saturated rings. The SMILES string of the molecule is CC(C)C[Si](C)(C)OCCC1(C)C([C@@H](C)OC(=O)OCc2ccccc2[N+](=O)[O-])C(=O)N1C(O)C(=O)OCc1ccccc1[N+](=O)[O-]. The van der Waals surface area contributed by atoms with E-state index in [9.17, 15) is 39.7 Å². The van der Waals surface area contributed by atoms with Crippen LogP contribution in [0.4, 0.5) is 16.2 Å². The fourth-order valence-electron chi connectivity index (χ4n) is 6.05. The van der Waals surface area contributed by atoms with E-state index in [-0.39, 0.29) is 35.5 Å². The lowest BCUT2D eigenvalue weighted by Gasteiger charge is -2.58. The Balaban J connectivity index is 1.75. The summed E-state index contributed by atoms with van der Waals surface area (Å²) in [6.45, 7) is 10.6. The highest BCUT2D eigenvalue weighted by Crippen LogP contribution is 2.45. The van der Waals surface area contributed by atoms with Crippen molar-refractivity contribution in [1.82, 2.24) is 4.90 Å². The van der Waals surface area contributed by atoms with E-state index in [2.05, 4.69) is 26.9 Å². The number of carbonyl (C=O) groups is 3. The Morgan fingerprint density at radius 2 is 1.47 bits per heavy atom. The van der Waals surface area contributed by atoms with Crippen molar-refractivity contribution in [3.8, 4) is 0 Å². The molecule has 256 valence electrons. The van der Waals surface area contributed by atoms with E-state index in [0.29, 0.717) is 5.92 Å². The fourth-order valence-corrected chi connectivity index (χ4v) is 8.79. The quantitative estimate of drug-likeness (QED) is 0.0814. The minimum atomic E-state index is -2.10. The van der Waals surface area contributed by atoms with Crippen LogP contribution in [-0.2, 0) is 41.4 Å². The number of aliphatic hydroxyl groups excluding tert-OH is 1. The van der Waals surface area contributed by atoms with Gasteiger partial charge in [0.05, 0.1) is 32.4 Å². The van der Waals surface area contributed by atoms with Gasteiger partial charge >= 0.3 is 12.1 Å². The third-order valence-electron chi connectivity index (χ3n) is 8.02. The van der Waals surface area contributed by atoms with Gasteiger partial charge in [0.15, 0.2) is 8.32 Å². The predicted octanol–water partition coefficient (Wildman–Crippen LogP) is 5.09. The molecule has 1 N–H and O–H groups in total. The third-order valence-corrected chi connectivity index (χ3v) is 10.8. The molecule has 4 atom stereocenters. The Morgan fingerprint density at radius 1 is 0.957 bits per heavy atom. The van der Waals surface area contributed by atoms with Crippen LogP contribution in [0.25, 0.3) is 0 Å². The highest BCUT2D eigenvalue weighted by molar-refractivity contribution is 6.71. The van der Waals surface area contributed by atoms with Crippen LogP contribution in [0.2, 0.25) is 19.1 Å². The first-order valence-electron chi connectivity index (χ1n) is 15.1. The molecule has 0 bridgehead atoms. The van der Waals surface area contributed by atoms with Crippen LogP contribution >= 0.6 is 0 Å². The summed E-state index contributed by atoms with van der Waals surface area (Å²) in [4.78, 5) is 61.4. The van der Waals surface area contributed by atoms with E-state index in [1.807, 2.05) is 0 Å². The zero-order valence-electron chi connectivity index (χ0n) is 27.2. The molecule has 1 aliphatic heterocycles. The van der Waals surface area contributed by atoms with Crippen molar-refractivity contribution in [2.24, 2.45) is 11.8 Å². The predicted molar refractivity (Wildman–Crippen MR) is 169 cm³/mol. The van der Waals surface area contributed by atoms with Gasteiger partial charge in [-0.3, -0.25) is 25.0 Å². The monoisotopic (exact) mass is 675 g/mol. The van der Waals surface area contributed by atoms with Crippen molar-refractivity contribution in [3.63, 3.8) is 0 Å². The number of nitro benzene ring substituents is 2. The van der Waals surface area contributed by atoms with Gasteiger partial charge < -0.3 is 28.6 Å². The van der Waals surface area contributed by atoms with E-state index in [4.69, 9.17) is 18.6 Å². The molecule has 15 nitrogen and oxygen atoms in total. The van der Waals surface area contributed by atoms with Gasteiger partial charge in [0.2, 0.25) is 12.1 Å². The number of hydrogen-bond acceptors (Lipinski definition) is 12. The largest absolute Gasteiger partial charge is 0.508 e. The normalized spacial score (nSPS) is 19.0. The maximum absolute atomic E-state index is 13.5. The van der Waals surface area contributed by atoms with Crippen molar-refractivity contribution < 1.29 is 48.0 Å². The molecule has 0 aromatic heterocycles. The van der Waals surface area contributed by atoms with Gasteiger partial charge in [-0.05, 0) is 57.5 Å². The highest BCUT2D eigenvalue weighted by atomic mass is 28.4. The molecule has 3 unspecified atom stereocenters. The number of ether oxygens (including phenoxy) is 3. The Labute approximate surface area is 273 Å². The van der Waals surface area contributed by atoms with Crippen molar-refractivity contribution in [1.29, 1.82) is 0 Å². The summed E-state index contributed by atoms with van der Waals surface area (Å²) in [6.07, 6.45) is -4.18. The molecule has 0 radical (unpaired) electrons. The summed E-state index contributed by atoms with van der Waals surface area (Å²) in [6, 6.07) is 12.2. The van der Waals surface area contributed by atoms with Gasteiger partial charge in [-0.2, -0.15) is 0 Å². The van der Waals surface area contributed by atoms with Gasteiger partial charge in [0, 0.05) is 18.7 Å². The van der Waals surface area contributed by atoms with E-state index < -0.39 is 73.2 Å². The van der Waals surface area contributed by atoms with Gasteiger partial charge in [0.1, 0.15) is 19.3 Å². The lowest BCUT2D eigenvalue weighted by atomic mass is 9.69. The average molecular weight is 676 g/mol. The number of nitro groups is 2. The number of aliphatic hydroxyl groups is 1. The van der Waals surface area contributed by atoms with Crippen LogP contribution in [-0.4, -0.2) is 70.7 Å². The summed E-state index contributed by atoms with van der Waals surface area (Å²) in [5, 5.41) is 33.6. The minimum absolute atomic E-state index is 0.0979. The molecule has 1 heterocycles. The first kappa shape index (κ1) is 37.0. The van der Waals surface area contributed by atoms with Crippen LogP contribution in [0.1, 0.15) is 45.2 Å². The number of carbonyl (C=O) groups excluding carboxylic acids is 3. The number of hydrogen-bond donors (Lipinski definition) is 1. The second-order valence-electron chi connectivity index (χ2n) is 12.6. The molecular weight excluding hydrogens is 634 g/mol. The van der Waals surface area contributed by atoms with Crippen LogP contribution in [0.5, 0.6) is 0 Å². The minimum Gasteiger partial charge on any atom is -0.457 e. The lowest BCUT2D eigenvalue weighted by molar-refractivity contribution is -0.386. The summed E-state index contributed by atoms with van der Waals surface area (Å²) in [5.74, 6) is -2.54. The van der Waals surface area contributed by atoms with Crippen molar-refractivity contribution in [2.45, 2.75) is 84.3 Å². The summed E-state index contributed by atoms with van der Waals surface area (Å²) in [7, 11) is -2.10. The Bertz CT molecular complexity index is 1490. The summed E-state index contributed by atoms with van der Waals surface area (Å²) >= 11 is 0. The number of β-lactam (4-membered cyclic amide) rings is 1. The molecule has 2 aromatic rings. The maximum atomic E-state index is 13.5. The van der Waals surface area contributed by atoms with Gasteiger partial charge in [-0.1, -0.05) is 38.1 Å². The van der Waals surface area contributed by atoms with Crippen LogP contribution in [0.3, 0.4) is 0 Å². The molecule has 2 aromatic carbocycles. The summed E-state index contributed by atoms with van der Waals surface area (Å²) in [5.41, 5.74) is -1.53. The molecule has 1 saturated heterocycles. The van der Waals surface area contributed by atoms with Crippen LogP contribution in [0.15, 0.2) is 48.5 Å². The molecule has 1 amide bonds. The number of nitrogens with zero attached hydrogens (tertiary/aromatic N) is 3. The van der Waals surface area contributed by atoms with E-state index >= 15 is 0 Å². The van der Waals surface area contributed by atoms with Crippen LogP contribution in [0, 0.1) is 32.1 Å². The second kappa shape index (κ2) is 15.5. The highest BCUT2D eigenvalue weighted by Gasteiger charge is 2.63. The first-order chi connectivity index (χ1) is 22.0. The molecule has 16 heteroatoms. The molecular formula is C31H41N3O12Si. The van der Waals surface area contributed by atoms with Crippen molar-refractivity contribution >= 4 is 37.7 Å². The first-order valence-corrected chi connectivity index (χ1v) is 18.2. The number of para-hydroxylation sites is 2. The molecule has 1 aliphatic rings. The fraction of sp³-hybridized carbons (Fsp3) is 0.516. The molecule has 0 saturated carbocycles. The number of benzene rings is 2. The van der Waals surface area contributed by atoms with Gasteiger partial charge in [-0.15, -0.1) is 0 Å². The Morgan fingerprint density at radius 3 is 1.98 bits per heavy atom. The van der Waals surface area contributed by atoms with Crippen molar-refractivity contribution in [2.75, 3.05) is 6.61 Å². The number of esters is 1. The van der Waals surface area contributed by atoms with E-state index in [1.165, 1.54) is 49.4 Å². The standard InChI is InChI=1S/C31H41N3O12Si/c1-20(2)19-47(5,6)45-16-15-31(4)26(21(3)46-30(38)44-18-23-12-8-10-14-25(23)34(41)42)27(35)32(31)28(36)29(37)43-17-22-11-7-9-13-24(22)33(39)40/h7-14,20-21,26,28,36H,15-19H2,1-6H3/t21-,26?,28?,31?/m1/s1. The zero-order valence-corrected chi connectivity index (χ0v) is 28.2. The van der Waals surface area contributed by atoms with Gasteiger partial charge in [0.25, 0.3) is 11.4 Å². The lowest BCUT2D eigenvalue weighted by Crippen LogP contribution is -2.76. The Hall–Kier alpha value is -4.41. The maximum Gasteiger partial charge on any atom is 0.508 e. The number of likely N-dealkylation sites (tertiary alicyclic amines) is 1. The van der Waals surface area contributed by atoms with E-state index in [1.54, 1.807) is 13.0 Å². The molecule has 0 aliphatic carbocycles. The number of amides is 1.